The van der Waals surface area contributed by atoms with E-state index in [1.165, 1.54) is 11.1 Å². The molecule has 0 saturated heterocycles. The molecule has 2 aromatic rings. The Morgan fingerprint density at radius 1 is 1.24 bits per heavy atom. The highest BCUT2D eigenvalue weighted by Crippen LogP contribution is 2.20. The van der Waals surface area contributed by atoms with Crippen LogP contribution in [0.4, 0.5) is 0 Å². The molecule has 0 aliphatic rings. The van der Waals surface area contributed by atoms with Gasteiger partial charge in [-0.25, -0.2) is 4.99 Å². The molecule has 1 unspecified atom stereocenters. The normalized spacial score (nSPS) is 13.7. The summed E-state index contributed by atoms with van der Waals surface area (Å²) in [5.41, 5.74) is 1.44. The number of rotatable bonds is 7. The highest BCUT2D eigenvalue weighted by molar-refractivity contribution is 14.0. The zero-order valence-corrected chi connectivity index (χ0v) is 17.4. The van der Waals surface area contributed by atoms with Crippen molar-refractivity contribution >= 4 is 29.9 Å². The number of nitrogens with zero attached hydrogens (tertiary/aromatic N) is 1. The van der Waals surface area contributed by atoms with Gasteiger partial charge in [0.25, 0.3) is 0 Å². The van der Waals surface area contributed by atoms with Crippen LogP contribution in [0, 0.1) is 6.92 Å². The minimum absolute atomic E-state index is 0. The third-order valence-corrected chi connectivity index (χ3v) is 3.73. The Hall–Kier alpha value is -1.54. The van der Waals surface area contributed by atoms with Crippen LogP contribution < -0.4 is 10.6 Å². The summed E-state index contributed by atoms with van der Waals surface area (Å²) in [5.74, 6) is 1.21. The van der Waals surface area contributed by atoms with Crippen LogP contribution in [0.25, 0.3) is 0 Å². The molecule has 1 atom stereocenters. The molecule has 6 heteroatoms. The lowest BCUT2D eigenvalue weighted by atomic mass is 10.0. The third-order valence-electron chi connectivity index (χ3n) is 3.73. The maximum absolute atomic E-state index is 10.5. The van der Waals surface area contributed by atoms with E-state index in [-0.39, 0.29) is 30.5 Å². The largest absolute Gasteiger partial charge is 0.466 e. The Morgan fingerprint density at radius 2 is 2.04 bits per heavy atom. The van der Waals surface area contributed by atoms with Crippen LogP contribution >= 0.6 is 24.0 Å². The van der Waals surface area contributed by atoms with Crippen LogP contribution in [0.15, 0.2) is 52.1 Å². The molecule has 1 aromatic heterocycles. The molecule has 0 bridgehead atoms. The van der Waals surface area contributed by atoms with Gasteiger partial charge in [-0.1, -0.05) is 29.8 Å². The van der Waals surface area contributed by atoms with Gasteiger partial charge in [0.05, 0.1) is 12.8 Å². The predicted octanol–water partition coefficient (Wildman–Crippen LogP) is 3.21. The van der Waals surface area contributed by atoms with Gasteiger partial charge in [-0.15, -0.1) is 24.0 Å². The summed E-state index contributed by atoms with van der Waals surface area (Å²) in [6, 6.07) is 12.0. The van der Waals surface area contributed by atoms with Crippen LogP contribution in [-0.2, 0) is 12.0 Å². The van der Waals surface area contributed by atoms with Gasteiger partial charge in [0, 0.05) is 13.1 Å². The minimum atomic E-state index is -1.12. The number of aliphatic hydroxyl groups is 1. The van der Waals surface area contributed by atoms with Gasteiger partial charge >= 0.3 is 0 Å². The molecule has 1 heterocycles. The average molecular weight is 457 g/mol. The number of halogens is 1. The standard InChI is InChI=1S/C19H27N3O2.HI/c1-4-20-18(21-11-10-16-8-5-7-15(2)13-16)22-14-19(3,23)17-9-6-12-24-17;/h5-9,12-13,23H,4,10-11,14H2,1-3H3,(H2,20,21,22);1H. The van der Waals surface area contributed by atoms with Gasteiger partial charge < -0.3 is 20.2 Å². The Labute approximate surface area is 167 Å². The van der Waals surface area contributed by atoms with E-state index in [2.05, 4.69) is 46.8 Å². The Morgan fingerprint density at radius 3 is 2.68 bits per heavy atom. The smallest absolute Gasteiger partial charge is 0.191 e. The van der Waals surface area contributed by atoms with E-state index in [1.807, 2.05) is 6.92 Å². The molecule has 3 N–H and O–H groups in total. The lowest BCUT2D eigenvalue weighted by Gasteiger charge is -2.19. The molecule has 0 aliphatic carbocycles. The molecule has 0 saturated carbocycles. The molecule has 1 aromatic carbocycles. The topological polar surface area (TPSA) is 69.8 Å². The van der Waals surface area contributed by atoms with Gasteiger partial charge in [0.2, 0.25) is 0 Å². The Bertz CT molecular complexity index is 654. The van der Waals surface area contributed by atoms with Crippen molar-refractivity contribution in [3.05, 3.63) is 59.5 Å². The first-order valence-corrected chi connectivity index (χ1v) is 8.35. The lowest BCUT2D eigenvalue weighted by Crippen LogP contribution is -2.39. The van der Waals surface area contributed by atoms with E-state index in [1.54, 1.807) is 25.3 Å². The van der Waals surface area contributed by atoms with Crippen LogP contribution in [0.2, 0.25) is 0 Å². The summed E-state index contributed by atoms with van der Waals surface area (Å²) in [5, 5.41) is 17.0. The monoisotopic (exact) mass is 457 g/mol. The van der Waals surface area contributed by atoms with E-state index in [0.29, 0.717) is 11.7 Å². The second-order valence-electron chi connectivity index (χ2n) is 6.11. The zero-order valence-electron chi connectivity index (χ0n) is 15.1. The second kappa shape index (κ2) is 10.5. The molecular formula is C19H28IN3O2. The fraction of sp³-hybridized carbons (Fsp3) is 0.421. The van der Waals surface area contributed by atoms with Crippen molar-refractivity contribution in [1.29, 1.82) is 0 Å². The Balaban J connectivity index is 0.00000312. The first kappa shape index (κ1) is 21.5. The fourth-order valence-corrected chi connectivity index (χ4v) is 2.43. The zero-order chi connectivity index (χ0) is 17.4. The van der Waals surface area contributed by atoms with Crippen LogP contribution in [0.3, 0.4) is 0 Å². The lowest BCUT2D eigenvalue weighted by molar-refractivity contribution is 0.0437. The SMILES string of the molecule is CCNC(=NCC(C)(O)c1ccco1)NCCc1cccc(C)c1.I. The van der Waals surface area contributed by atoms with Crippen molar-refractivity contribution in [2.75, 3.05) is 19.6 Å². The number of aliphatic imine (C=N–C) groups is 1. The number of benzene rings is 1. The Kier molecular flexibility index (Phi) is 8.99. The van der Waals surface area contributed by atoms with Gasteiger partial charge in [0.15, 0.2) is 5.96 Å². The van der Waals surface area contributed by atoms with E-state index in [4.69, 9.17) is 4.42 Å². The maximum Gasteiger partial charge on any atom is 0.191 e. The van der Waals surface area contributed by atoms with Crippen molar-refractivity contribution in [1.82, 2.24) is 10.6 Å². The first-order valence-electron chi connectivity index (χ1n) is 8.35. The molecular weight excluding hydrogens is 429 g/mol. The summed E-state index contributed by atoms with van der Waals surface area (Å²) >= 11 is 0. The van der Waals surface area contributed by atoms with Gasteiger partial charge in [-0.3, -0.25) is 0 Å². The number of nitrogens with one attached hydrogen (secondary N) is 2. The van der Waals surface area contributed by atoms with Gasteiger partial charge in [-0.2, -0.15) is 0 Å². The quantitative estimate of drug-likeness (QED) is 0.339. The van der Waals surface area contributed by atoms with Crippen molar-refractivity contribution < 1.29 is 9.52 Å². The summed E-state index contributed by atoms with van der Waals surface area (Å²) in [6.45, 7) is 7.57. The second-order valence-corrected chi connectivity index (χ2v) is 6.11. The number of hydrogen-bond acceptors (Lipinski definition) is 3. The molecule has 25 heavy (non-hydrogen) atoms. The van der Waals surface area contributed by atoms with Crippen LogP contribution in [-0.4, -0.2) is 30.7 Å². The number of guanidine groups is 1. The molecule has 0 amide bonds. The minimum Gasteiger partial charge on any atom is -0.466 e. The first-order chi connectivity index (χ1) is 11.5. The highest BCUT2D eigenvalue weighted by Gasteiger charge is 2.25. The van der Waals surface area contributed by atoms with Crippen molar-refractivity contribution in [3.8, 4) is 0 Å². The van der Waals surface area contributed by atoms with Crippen LogP contribution in [0.5, 0.6) is 0 Å². The number of furan rings is 1. The maximum atomic E-state index is 10.5. The summed E-state index contributed by atoms with van der Waals surface area (Å²) < 4.78 is 5.28. The van der Waals surface area contributed by atoms with E-state index in [0.717, 1.165) is 19.5 Å². The van der Waals surface area contributed by atoms with E-state index < -0.39 is 5.60 Å². The molecule has 138 valence electrons. The summed E-state index contributed by atoms with van der Waals surface area (Å²) in [7, 11) is 0. The molecule has 0 radical (unpaired) electrons. The number of hydrogen-bond donors (Lipinski definition) is 3. The molecule has 0 aliphatic heterocycles. The van der Waals surface area contributed by atoms with Crippen LogP contribution in [0.1, 0.15) is 30.7 Å². The van der Waals surface area contributed by atoms with Crippen molar-refractivity contribution in [2.45, 2.75) is 32.8 Å². The van der Waals surface area contributed by atoms with Crippen molar-refractivity contribution in [3.63, 3.8) is 0 Å². The van der Waals surface area contributed by atoms with Gasteiger partial charge in [0.1, 0.15) is 11.4 Å². The predicted molar refractivity (Wildman–Crippen MR) is 113 cm³/mol. The molecule has 2 rings (SSSR count). The third kappa shape index (κ3) is 7.07. The molecule has 0 fully saturated rings. The van der Waals surface area contributed by atoms with Crippen molar-refractivity contribution in [2.24, 2.45) is 4.99 Å². The fourth-order valence-electron chi connectivity index (χ4n) is 2.43. The highest BCUT2D eigenvalue weighted by atomic mass is 127. The van der Waals surface area contributed by atoms with Gasteiger partial charge in [-0.05, 0) is 44.9 Å². The molecule has 0 spiro atoms. The van der Waals surface area contributed by atoms with E-state index >= 15 is 0 Å². The summed E-state index contributed by atoms with van der Waals surface area (Å²) in [6.07, 6.45) is 2.47. The average Bonchev–Trinajstić information content (AvgIpc) is 3.08. The number of aryl methyl sites for hydroxylation is 1. The van der Waals surface area contributed by atoms with E-state index in [9.17, 15) is 5.11 Å². The summed E-state index contributed by atoms with van der Waals surface area (Å²) in [4.78, 5) is 4.47. The molecule has 5 nitrogen and oxygen atoms in total.